The molecule has 2 aromatic carbocycles. The van der Waals surface area contributed by atoms with Crippen LogP contribution in [0.3, 0.4) is 0 Å². The van der Waals surface area contributed by atoms with E-state index in [4.69, 9.17) is 21.3 Å². The summed E-state index contributed by atoms with van der Waals surface area (Å²) in [6.07, 6.45) is 3.09. The van der Waals surface area contributed by atoms with Gasteiger partial charge < -0.3 is 20.7 Å². The van der Waals surface area contributed by atoms with E-state index in [9.17, 15) is 9.59 Å². The van der Waals surface area contributed by atoms with E-state index in [0.29, 0.717) is 47.3 Å². The van der Waals surface area contributed by atoms with Crippen molar-refractivity contribution >= 4 is 39.8 Å². The Morgan fingerprint density at radius 1 is 1.04 bits per heavy atom. The topological polar surface area (TPSA) is 123 Å². The average Bonchev–Trinajstić information content (AvgIpc) is 3.45. The van der Waals surface area contributed by atoms with Crippen LogP contribution in [-0.2, 0) is 18.4 Å². The van der Waals surface area contributed by atoms with Crippen LogP contribution < -0.4 is 26.2 Å². The second-order valence-corrected chi connectivity index (χ2v) is 11.6. The number of benzene rings is 2. The van der Waals surface area contributed by atoms with Gasteiger partial charge in [0.25, 0.3) is 5.56 Å². The number of aromatic nitrogens is 4. The first-order valence-electron chi connectivity index (χ1n) is 14.8. The van der Waals surface area contributed by atoms with Gasteiger partial charge in [0.05, 0.1) is 29.4 Å². The van der Waals surface area contributed by atoms with Gasteiger partial charge in [-0.2, -0.15) is 5.10 Å². The third kappa shape index (κ3) is 6.11. The molecule has 1 amide bonds. The number of hydrogen-bond donors (Lipinski definition) is 3. The normalized spacial score (nSPS) is 14.5. The van der Waals surface area contributed by atoms with Gasteiger partial charge in [-0.05, 0) is 49.6 Å². The molecule has 4 heterocycles. The zero-order valence-electron chi connectivity index (χ0n) is 25.6. The van der Waals surface area contributed by atoms with E-state index in [2.05, 4.69) is 26.0 Å². The summed E-state index contributed by atoms with van der Waals surface area (Å²) in [6.45, 7) is 5.14. The van der Waals surface area contributed by atoms with Crippen molar-refractivity contribution in [3.05, 3.63) is 93.0 Å². The maximum absolute atomic E-state index is 13.0. The summed E-state index contributed by atoms with van der Waals surface area (Å²) >= 11 is 7.09. The quantitative estimate of drug-likeness (QED) is 0.198. The number of pyridine rings is 2. The Bertz CT molecular complexity index is 1990. The van der Waals surface area contributed by atoms with Gasteiger partial charge in [0, 0.05) is 66.1 Å². The van der Waals surface area contributed by atoms with Crippen LogP contribution in [0.4, 0.5) is 11.5 Å². The number of amides is 1. The van der Waals surface area contributed by atoms with Gasteiger partial charge in [0.2, 0.25) is 11.8 Å². The van der Waals surface area contributed by atoms with Crippen molar-refractivity contribution in [2.24, 2.45) is 7.05 Å². The smallest absolute Gasteiger partial charge is 0.278 e. The zero-order valence-corrected chi connectivity index (χ0v) is 26.3. The maximum atomic E-state index is 13.0. The Morgan fingerprint density at radius 3 is 2.60 bits per heavy atom. The molecule has 1 aliphatic heterocycles. The van der Waals surface area contributed by atoms with Crippen molar-refractivity contribution in [1.29, 1.82) is 0 Å². The van der Waals surface area contributed by atoms with E-state index in [0.717, 1.165) is 51.0 Å². The molecule has 0 spiro atoms. The molecule has 6 rings (SSSR count). The second kappa shape index (κ2) is 12.7. The van der Waals surface area contributed by atoms with E-state index in [-0.39, 0.29) is 17.5 Å². The molecule has 0 radical (unpaired) electrons. The molecule has 230 valence electrons. The predicted octanol–water partition coefficient (Wildman–Crippen LogP) is 5.45. The van der Waals surface area contributed by atoms with Gasteiger partial charge in [0.1, 0.15) is 5.82 Å². The van der Waals surface area contributed by atoms with Crippen LogP contribution in [0.25, 0.3) is 33.2 Å². The van der Waals surface area contributed by atoms with E-state index >= 15 is 0 Å². The monoisotopic (exact) mass is 623 g/mol. The van der Waals surface area contributed by atoms with Gasteiger partial charge in [-0.3, -0.25) is 9.59 Å². The lowest BCUT2D eigenvalue weighted by Gasteiger charge is -2.17. The Kier molecular flexibility index (Phi) is 8.51. The molecule has 0 saturated carbocycles. The summed E-state index contributed by atoms with van der Waals surface area (Å²) in [5.41, 5.74) is 6.47. The molecule has 0 bridgehead atoms. The molecule has 1 saturated heterocycles. The molecule has 45 heavy (non-hydrogen) atoms. The second-order valence-electron chi connectivity index (χ2n) is 11.2. The summed E-state index contributed by atoms with van der Waals surface area (Å²) in [6, 6.07) is 17.7. The molecule has 10 nitrogen and oxygen atoms in total. The van der Waals surface area contributed by atoms with Crippen molar-refractivity contribution in [3.8, 4) is 28.3 Å². The minimum Gasteiger partial charge on any atom is -0.481 e. The van der Waals surface area contributed by atoms with Crippen LogP contribution in [0.1, 0.15) is 29.7 Å². The van der Waals surface area contributed by atoms with E-state index < -0.39 is 0 Å². The fraction of sp³-hybridized carbons (Fsp3) is 0.265. The number of aryl methyl sites for hydroxylation is 2. The molecule has 0 aliphatic carbocycles. The number of rotatable bonds is 9. The number of ether oxygens (including phenoxy) is 1. The van der Waals surface area contributed by atoms with Crippen LogP contribution in [0.15, 0.2) is 65.6 Å². The lowest BCUT2D eigenvalue weighted by atomic mass is 9.96. The van der Waals surface area contributed by atoms with E-state index in [1.165, 1.54) is 4.68 Å². The number of hydrogen-bond acceptors (Lipinski definition) is 8. The number of methoxy groups -OCH3 is 1. The van der Waals surface area contributed by atoms with Gasteiger partial charge in [-0.25, -0.2) is 14.6 Å². The first-order chi connectivity index (χ1) is 21.7. The van der Waals surface area contributed by atoms with Gasteiger partial charge in [-0.1, -0.05) is 48.0 Å². The average molecular weight is 624 g/mol. The lowest BCUT2D eigenvalue weighted by molar-refractivity contribution is -0.119. The van der Waals surface area contributed by atoms with Crippen LogP contribution in [-0.4, -0.2) is 45.4 Å². The molecule has 1 atom stereocenters. The molecule has 11 heteroatoms. The van der Waals surface area contributed by atoms with E-state index in [1.54, 1.807) is 20.4 Å². The third-order valence-corrected chi connectivity index (χ3v) is 8.54. The summed E-state index contributed by atoms with van der Waals surface area (Å²) in [5.74, 6) is 1.09. The van der Waals surface area contributed by atoms with Gasteiger partial charge in [0.15, 0.2) is 0 Å². The molecular formula is C34H34ClN7O3. The number of carbonyl (C=O) groups excluding carboxylic acids is 1. The van der Waals surface area contributed by atoms with E-state index in [1.807, 2.05) is 68.4 Å². The largest absolute Gasteiger partial charge is 0.481 e. The highest BCUT2D eigenvalue weighted by Crippen LogP contribution is 2.40. The summed E-state index contributed by atoms with van der Waals surface area (Å²) in [7, 11) is 3.23. The molecular weight excluding hydrogens is 590 g/mol. The molecule has 3 aromatic heterocycles. The Labute approximate surface area is 265 Å². The predicted molar refractivity (Wildman–Crippen MR) is 177 cm³/mol. The van der Waals surface area contributed by atoms with Crippen molar-refractivity contribution in [2.75, 3.05) is 19.0 Å². The number of nitrogens with one attached hydrogen (secondary N) is 3. The fourth-order valence-electron chi connectivity index (χ4n) is 5.75. The van der Waals surface area contributed by atoms with Crippen molar-refractivity contribution in [1.82, 2.24) is 30.4 Å². The van der Waals surface area contributed by atoms with Crippen LogP contribution in [0.2, 0.25) is 5.02 Å². The van der Waals surface area contributed by atoms with Gasteiger partial charge in [-0.15, -0.1) is 0 Å². The standard InChI is InChI=1S/C34H34ClN7O3/c1-19-15-22-17-37-42(3)34(44)30(22)32(38-19)40-27-10-6-7-24(20(27)2)25-8-5-9-26(31(25)35)28-13-11-21(33(41-28)45-4)16-36-18-23-12-14-29(43)39-23/h5-11,13,15,17,23,36H,12,14,16,18H2,1-4H3,(H,38,40)(H,39,43)/t23-/m0/s1. The highest BCUT2D eigenvalue weighted by Gasteiger charge is 2.21. The SMILES string of the molecule is COc1nc(-c2cccc(-c3cccc(Nc4nc(C)cc5cnn(C)c(=O)c45)c3C)c2Cl)ccc1CNC[C@@H]1CCC(=O)N1. The number of nitrogens with zero attached hydrogens (tertiary/aromatic N) is 4. The molecule has 1 aliphatic rings. The Morgan fingerprint density at radius 2 is 1.82 bits per heavy atom. The summed E-state index contributed by atoms with van der Waals surface area (Å²) in [5, 5.41) is 15.7. The molecule has 1 fully saturated rings. The van der Waals surface area contributed by atoms with Crippen LogP contribution in [0, 0.1) is 13.8 Å². The fourth-order valence-corrected chi connectivity index (χ4v) is 6.07. The van der Waals surface area contributed by atoms with Crippen LogP contribution >= 0.6 is 11.6 Å². The number of fused-ring (bicyclic) bond motifs is 1. The number of carbonyl (C=O) groups is 1. The molecule has 0 unspecified atom stereocenters. The first kappa shape index (κ1) is 30.2. The van der Waals surface area contributed by atoms with Gasteiger partial charge >= 0.3 is 0 Å². The Hall–Kier alpha value is -4.80. The lowest BCUT2D eigenvalue weighted by Crippen LogP contribution is -2.35. The summed E-state index contributed by atoms with van der Waals surface area (Å²) < 4.78 is 6.95. The summed E-state index contributed by atoms with van der Waals surface area (Å²) in [4.78, 5) is 33.9. The highest BCUT2D eigenvalue weighted by molar-refractivity contribution is 6.36. The minimum absolute atomic E-state index is 0.101. The molecule has 3 N–H and O–H groups in total. The zero-order chi connectivity index (χ0) is 31.7. The molecule has 5 aromatic rings. The Balaban J connectivity index is 1.29. The minimum atomic E-state index is -0.223. The van der Waals surface area contributed by atoms with Crippen molar-refractivity contribution in [3.63, 3.8) is 0 Å². The number of anilines is 2. The maximum Gasteiger partial charge on any atom is 0.278 e. The first-order valence-corrected chi connectivity index (χ1v) is 15.1. The number of halogens is 1. The van der Waals surface area contributed by atoms with Crippen molar-refractivity contribution in [2.45, 2.75) is 39.3 Å². The highest BCUT2D eigenvalue weighted by atomic mass is 35.5. The van der Waals surface area contributed by atoms with Crippen molar-refractivity contribution < 1.29 is 9.53 Å². The van der Waals surface area contributed by atoms with Crippen LogP contribution in [0.5, 0.6) is 5.88 Å². The third-order valence-electron chi connectivity index (χ3n) is 8.13.